The van der Waals surface area contributed by atoms with Gasteiger partial charge in [-0.15, -0.1) is 13.2 Å². The third-order valence-electron chi connectivity index (χ3n) is 6.03. The number of ether oxygens (including phenoxy) is 3. The van der Waals surface area contributed by atoms with Gasteiger partial charge in [-0.05, 0) is 47.5 Å². The number of hydrogen-bond acceptors (Lipinski definition) is 6. The van der Waals surface area contributed by atoms with Gasteiger partial charge in [0.05, 0.1) is 6.61 Å². The summed E-state index contributed by atoms with van der Waals surface area (Å²) in [5.41, 5.74) is 1.00. The van der Waals surface area contributed by atoms with E-state index in [0.717, 1.165) is 5.56 Å². The Morgan fingerprint density at radius 1 is 1.02 bits per heavy atom. The molecule has 0 fully saturated rings. The van der Waals surface area contributed by atoms with Crippen LogP contribution in [0.3, 0.4) is 0 Å². The smallest absolute Gasteiger partial charge is 0.494 e. The first kappa shape index (κ1) is 28.7. The number of aliphatic hydroxyl groups excluding tert-OH is 1. The SMILES string of the molecule is O=C(NCc1ccc(OC(F)(F)F)cc1)[C@@]1(C/C=C/c2ccccc2)COC(c2ccc(OCCCO)cc2)=N1. The van der Waals surface area contributed by atoms with Gasteiger partial charge in [0.2, 0.25) is 5.90 Å². The van der Waals surface area contributed by atoms with Crippen LogP contribution in [0.2, 0.25) is 0 Å². The van der Waals surface area contributed by atoms with Crippen molar-refractivity contribution >= 4 is 17.9 Å². The summed E-state index contributed by atoms with van der Waals surface area (Å²) in [5.74, 6) is 0.240. The number of benzene rings is 3. The van der Waals surface area contributed by atoms with Gasteiger partial charge in [-0.25, -0.2) is 4.99 Å². The zero-order chi connectivity index (χ0) is 28.4. The predicted molar refractivity (Wildman–Crippen MR) is 144 cm³/mol. The number of amides is 1. The molecule has 210 valence electrons. The molecule has 1 atom stereocenters. The highest BCUT2D eigenvalue weighted by molar-refractivity contribution is 6.00. The molecule has 0 spiro atoms. The van der Waals surface area contributed by atoms with E-state index in [1.807, 2.05) is 42.5 Å². The van der Waals surface area contributed by atoms with Crippen molar-refractivity contribution in [2.75, 3.05) is 19.8 Å². The molecule has 1 heterocycles. The van der Waals surface area contributed by atoms with Crippen LogP contribution in [0.4, 0.5) is 13.2 Å². The van der Waals surface area contributed by atoms with E-state index in [-0.39, 0.29) is 37.8 Å². The van der Waals surface area contributed by atoms with Crippen molar-refractivity contribution in [3.63, 3.8) is 0 Å². The maximum Gasteiger partial charge on any atom is 0.573 e. The van der Waals surface area contributed by atoms with Gasteiger partial charge in [0, 0.05) is 31.6 Å². The number of aliphatic hydroxyl groups is 1. The Labute approximate surface area is 229 Å². The first-order valence-electron chi connectivity index (χ1n) is 12.7. The van der Waals surface area contributed by atoms with E-state index >= 15 is 0 Å². The topological polar surface area (TPSA) is 89.4 Å². The van der Waals surface area contributed by atoms with Crippen LogP contribution in [0.1, 0.15) is 29.5 Å². The van der Waals surface area contributed by atoms with E-state index in [1.165, 1.54) is 24.3 Å². The number of carbonyl (C=O) groups is 1. The second kappa shape index (κ2) is 13.2. The van der Waals surface area contributed by atoms with Crippen LogP contribution < -0.4 is 14.8 Å². The minimum absolute atomic E-state index is 0.0143. The molecule has 0 aliphatic carbocycles. The lowest BCUT2D eigenvalue weighted by molar-refractivity contribution is -0.274. The number of alkyl halides is 3. The summed E-state index contributed by atoms with van der Waals surface area (Å²) < 4.78 is 52.7. The van der Waals surface area contributed by atoms with Gasteiger partial charge in [-0.3, -0.25) is 4.79 Å². The highest BCUT2D eigenvalue weighted by atomic mass is 19.4. The zero-order valence-corrected chi connectivity index (χ0v) is 21.6. The Morgan fingerprint density at radius 2 is 1.73 bits per heavy atom. The first-order chi connectivity index (χ1) is 19.3. The van der Waals surface area contributed by atoms with E-state index in [2.05, 4.69) is 10.1 Å². The molecule has 0 unspecified atom stereocenters. The predicted octanol–water partition coefficient (Wildman–Crippen LogP) is 5.28. The molecule has 0 saturated carbocycles. The highest BCUT2D eigenvalue weighted by Gasteiger charge is 2.43. The van der Waals surface area contributed by atoms with Gasteiger partial charge in [-0.1, -0.05) is 54.6 Å². The summed E-state index contributed by atoms with van der Waals surface area (Å²) in [6, 6.07) is 22.0. The monoisotopic (exact) mass is 554 g/mol. The number of rotatable bonds is 12. The number of nitrogens with one attached hydrogen (secondary N) is 1. The lowest BCUT2D eigenvalue weighted by Gasteiger charge is -2.21. The molecule has 4 rings (SSSR count). The Bertz CT molecular complexity index is 1310. The summed E-state index contributed by atoms with van der Waals surface area (Å²) >= 11 is 0. The van der Waals surface area contributed by atoms with Gasteiger partial charge in [0.25, 0.3) is 5.91 Å². The van der Waals surface area contributed by atoms with Crippen molar-refractivity contribution in [2.24, 2.45) is 4.99 Å². The quantitative estimate of drug-likeness (QED) is 0.298. The maximum atomic E-state index is 13.5. The van der Waals surface area contributed by atoms with Crippen molar-refractivity contribution in [1.29, 1.82) is 0 Å². The van der Waals surface area contributed by atoms with Crippen LogP contribution in [0.5, 0.6) is 11.5 Å². The molecule has 0 saturated heterocycles. The highest BCUT2D eigenvalue weighted by Crippen LogP contribution is 2.28. The fourth-order valence-electron chi connectivity index (χ4n) is 3.97. The fourth-order valence-corrected chi connectivity index (χ4v) is 3.97. The summed E-state index contributed by atoms with van der Waals surface area (Å²) in [5, 5.41) is 11.8. The molecule has 1 aliphatic heterocycles. The van der Waals surface area contributed by atoms with Gasteiger partial charge in [0.15, 0.2) is 5.54 Å². The van der Waals surface area contributed by atoms with Crippen molar-refractivity contribution in [3.05, 3.63) is 102 Å². The van der Waals surface area contributed by atoms with Gasteiger partial charge >= 0.3 is 6.36 Å². The second-order valence-corrected chi connectivity index (χ2v) is 9.08. The molecule has 3 aromatic carbocycles. The average Bonchev–Trinajstić information content (AvgIpc) is 3.38. The molecule has 10 heteroatoms. The molecule has 0 bridgehead atoms. The lowest BCUT2D eigenvalue weighted by Crippen LogP contribution is -2.46. The van der Waals surface area contributed by atoms with E-state index < -0.39 is 11.9 Å². The van der Waals surface area contributed by atoms with Crippen molar-refractivity contribution < 1.29 is 37.3 Å². The fraction of sp³-hybridized carbons (Fsp3) is 0.267. The molecule has 1 amide bonds. The normalized spacial score (nSPS) is 16.9. The van der Waals surface area contributed by atoms with Gasteiger partial charge < -0.3 is 24.6 Å². The van der Waals surface area contributed by atoms with E-state index in [4.69, 9.17) is 19.6 Å². The number of nitrogens with zero attached hydrogens (tertiary/aromatic N) is 1. The number of hydrogen-bond donors (Lipinski definition) is 2. The van der Waals surface area contributed by atoms with Crippen LogP contribution in [0.25, 0.3) is 6.08 Å². The summed E-state index contributed by atoms with van der Waals surface area (Å²) in [7, 11) is 0. The van der Waals surface area contributed by atoms with Crippen molar-refractivity contribution in [2.45, 2.75) is 31.3 Å². The molecular weight excluding hydrogens is 525 g/mol. The summed E-state index contributed by atoms with van der Waals surface area (Å²) in [6.45, 7) is 0.534. The maximum absolute atomic E-state index is 13.5. The molecular formula is C30H29F3N2O5. The van der Waals surface area contributed by atoms with Crippen LogP contribution in [0, 0.1) is 0 Å². The third-order valence-corrected chi connectivity index (χ3v) is 6.03. The molecule has 2 N–H and O–H groups in total. The summed E-state index contributed by atoms with van der Waals surface area (Å²) in [4.78, 5) is 18.2. The van der Waals surface area contributed by atoms with Crippen LogP contribution in [-0.4, -0.2) is 48.6 Å². The molecule has 0 radical (unpaired) electrons. The van der Waals surface area contributed by atoms with E-state index in [9.17, 15) is 18.0 Å². The Hall–Kier alpha value is -4.31. The largest absolute Gasteiger partial charge is 0.573 e. The van der Waals surface area contributed by atoms with Crippen LogP contribution in [0.15, 0.2) is 89.9 Å². The third kappa shape index (κ3) is 8.09. The Balaban J connectivity index is 1.49. The molecule has 7 nitrogen and oxygen atoms in total. The zero-order valence-electron chi connectivity index (χ0n) is 21.6. The average molecular weight is 555 g/mol. The van der Waals surface area contributed by atoms with Gasteiger partial charge in [-0.2, -0.15) is 0 Å². The van der Waals surface area contributed by atoms with Crippen LogP contribution >= 0.6 is 0 Å². The van der Waals surface area contributed by atoms with Gasteiger partial charge in [0.1, 0.15) is 18.1 Å². The number of halogens is 3. The number of aliphatic imine (C=N–C) groups is 1. The van der Waals surface area contributed by atoms with Crippen LogP contribution in [-0.2, 0) is 16.1 Å². The van der Waals surface area contributed by atoms with Crippen molar-refractivity contribution in [3.8, 4) is 11.5 Å². The van der Waals surface area contributed by atoms with E-state index in [0.29, 0.717) is 35.8 Å². The molecule has 3 aromatic rings. The standard InChI is InChI=1S/C30H29F3N2O5/c31-30(32,33)40-26-13-9-23(10-14-26)20-34-28(37)29(17-4-8-22-6-2-1-3-7-22)21-39-27(35-29)24-11-15-25(16-12-24)38-19-5-18-36/h1-4,6-16,36H,5,17-21H2,(H,34,37)/b8-4+/t29-/m1/s1. The summed E-state index contributed by atoms with van der Waals surface area (Å²) in [6.07, 6.45) is -0.220. The van der Waals surface area contributed by atoms with Crippen molar-refractivity contribution in [1.82, 2.24) is 5.32 Å². The molecule has 40 heavy (non-hydrogen) atoms. The Morgan fingerprint density at radius 3 is 2.40 bits per heavy atom. The Kier molecular flexibility index (Phi) is 9.44. The van der Waals surface area contributed by atoms with E-state index in [1.54, 1.807) is 24.3 Å². The second-order valence-electron chi connectivity index (χ2n) is 9.08. The first-order valence-corrected chi connectivity index (χ1v) is 12.7. The lowest BCUT2D eigenvalue weighted by atomic mass is 9.95. The number of carbonyl (C=O) groups excluding carboxylic acids is 1. The minimum atomic E-state index is -4.78. The minimum Gasteiger partial charge on any atom is -0.494 e. The molecule has 0 aromatic heterocycles. The molecule has 1 aliphatic rings.